The number of benzene rings is 2. The lowest BCUT2D eigenvalue weighted by atomic mass is 10.0. The van der Waals surface area contributed by atoms with E-state index in [-0.39, 0.29) is 5.91 Å². The highest BCUT2D eigenvalue weighted by molar-refractivity contribution is 5.84. The molecule has 0 fully saturated rings. The fraction of sp³-hybridized carbons (Fsp3) is 0.333. The predicted octanol–water partition coefficient (Wildman–Crippen LogP) is 4.04. The Morgan fingerprint density at radius 3 is 2.62 bits per heavy atom. The number of carbonyl (C=O) groups excluding carboxylic acids is 1. The molecule has 1 N–H and O–H groups in total. The molecule has 5 nitrogen and oxygen atoms in total. The number of methoxy groups -OCH3 is 1. The fourth-order valence-corrected chi connectivity index (χ4v) is 2.33. The smallest absolute Gasteiger partial charge is 0.280 e. The van der Waals surface area contributed by atoms with Gasteiger partial charge < -0.3 is 9.47 Å². The average Bonchev–Trinajstić information content (AvgIpc) is 2.63. The summed E-state index contributed by atoms with van der Waals surface area (Å²) in [5, 5.41) is 3.99. The molecule has 0 saturated carbocycles. The van der Waals surface area contributed by atoms with E-state index in [1.807, 2.05) is 43.3 Å². The highest BCUT2D eigenvalue weighted by atomic mass is 16.5. The van der Waals surface area contributed by atoms with Gasteiger partial charge in [0.25, 0.3) is 5.91 Å². The van der Waals surface area contributed by atoms with Crippen LogP contribution in [0.15, 0.2) is 47.6 Å². The highest BCUT2D eigenvalue weighted by Gasteiger charge is 2.15. The van der Waals surface area contributed by atoms with E-state index >= 15 is 0 Å². The van der Waals surface area contributed by atoms with Crippen LogP contribution in [0.4, 0.5) is 0 Å². The normalized spacial score (nSPS) is 12.2. The number of carbonyl (C=O) groups is 1. The van der Waals surface area contributed by atoms with Gasteiger partial charge in [-0.2, -0.15) is 5.10 Å². The molecule has 2 aromatic carbocycles. The first-order chi connectivity index (χ1) is 12.4. The minimum Gasteiger partial charge on any atom is -0.497 e. The molecule has 0 aromatic heterocycles. The van der Waals surface area contributed by atoms with Crippen LogP contribution >= 0.6 is 0 Å². The summed E-state index contributed by atoms with van der Waals surface area (Å²) in [6, 6.07) is 13.5. The van der Waals surface area contributed by atoms with Crippen molar-refractivity contribution in [1.82, 2.24) is 5.43 Å². The molecule has 0 spiro atoms. The van der Waals surface area contributed by atoms with Crippen LogP contribution in [0.1, 0.15) is 43.4 Å². The highest BCUT2D eigenvalue weighted by Crippen LogP contribution is 2.25. The summed E-state index contributed by atoms with van der Waals surface area (Å²) in [6.07, 6.45) is 0.913. The number of hydrazone groups is 1. The van der Waals surface area contributed by atoms with Gasteiger partial charge in [-0.15, -0.1) is 0 Å². The van der Waals surface area contributed by atoms with Crippen molar-refractivity contribution in [3.05, 3.63) is 59.2 Å². The van der Waals surface area contributed by atoms with Crippen LogP contribution < -0.4 is 14.9 Å². The first-order valence-electron chi connectivity index (χ1n) is 8.65. The van der Waals surface area contributed by atoms with Crippen LogP contribution in [0.5, 0.6) is 11.5 Å². The van der Waals surface area contributed by atoms with Crippen LogP contribution in [0.3, 0.4) is 0 Å². The van der Waals surface area contributed by atoms with Gasteiger partial charge in [-0.1, -0.05) is 38.1 Å². The van der Waals surface area contributed by atoms with Crippen molar-refractivity contribution in [3.63, 3.8) is 0 Å². The van der Waals surface area contributed by atoms with Crippen molar-refractivity contribution in [2.24, 2.45) is 5.10 Å². The number of aryl methyl sites for hydroxylation is 1. The molecule has 0 aliphatic carbocycles. The number of rotatable bonds is 7. The minimum atomic E-state index is -0.654. The largest absolute Gasteiger partial charge is 0.497 e. The average molecular weight is 354 g/mol. The Balaban J connectivity index is 1.97. The Morgan fingerprint density at radius 1 is 1.15 bits per heavy atom. The van der Waals surface area contributed by atoms with E-state index in [1.165, 1.54) is 5.56 Å². The second-order valence-corrected chi connectivity index (χ2v) is 6.45. The zero-order valence-corrected chi connectivity index (χ0v) is 15.9. The van der Waals surface area contributed by atoms with Crippen LogP contribution in [0.25, 0.3) is 0 Å². The van der Waals surface area contributed by atoms with Crippen LogP contribution in [0, 0.1) is 6.92 Å². The number of amides is 1. The molecule has 2 rings (SSSR count). The summed E-state index contributed by atoms with van der Waals surface area (Å²) < 4.78 is 11.0. The number of hydrogen-bond donors (Lipinski definition) is 1. The van der Waals surface area contributed by atoms with Gasteiger partial charge in [0.15, 0.2) is 6.10 Å². The van der Waals surface area contributed by atoms with Gasteiger partial charge in [-0.25, -0.2) is 5.43 Å². The zero-order valence-electron chi connectivity index (χ0n) is 15.9. The van der Waals surface area contributed by atoms with E-state index in [2.05, 4.69) is 30.4 Å². The van der Waals surface area contributed by atoms with Crippen molar-refractivity contribution in [2.75, 3.05) is 7.11 Å². The van der Waals surface area contributed by atoms with Gasteiger partial charge in [0.1, 0.15) is 11.5 Å². The first-order valence-corrected chi connectivity index (χ1v) is 8.65. The molecule has 0 saturated heterocycles. The van der Waals surface area contributed by atoms with Gasteiger partial charge >= 0.3 is 0 Å². The van der Waals surface area contributed by atoms with E-state index < -0.39 is 6.10 Å². The summed E-state index contributed by atoms with van der Waals surface area (Å²) in [6.45, 7) is 7.92. The number of nitrogens with zero attached hydrogens (tertiary/aromatic N) is 1. The van der Waals surface area contributed by atoms with E-state index in [4.69, 9.17) is 9.47 Å². The maximum atomic E-state index is 12.2. The lowest BCUT2D eigenvalue weighted by Crippen LogP contribution is -2.33. The Morgan fingerprint density at radius 2 is 1.92 bits per heavy atom. The standard InChI is InChI=1S/C21H26N2O3/c1-14(2)18-10-9-15(3)20(12-18)26-16(4)21(24)23-22-13-17-7-6-8-19(11-17)25-5/h6-14,16H,1-5H3,(H,23,24)/b22-13-. The third kappa shape index (κ3) is 5.34. The molecule has 2 aromatic rings. The summed E-state index contributed by atoms with van der Waals surface area (Å²) in [5.41, 5.74) is 5.51. The SMILES string of the molecule is COc1cccc(/C=N\NC(=O)C(C)Oc2cc(C(C)C)ccc2C)c1. The molecule has 0 bridgehead atoms. The van der Waals surface area contributed by atoms with E-state index in [9.17, 15) is 4.79 Å². The van der Waals surface area contributed by atoms with E-state index in [1.54, 1.807) is 20.2 Å². The first kappa shape index (κ1) is 19.5. The molecule has 5 heteroatoms. The van der Waals surface area contributed by atoms with Crippen molar-refractivity contribution >= 4 is 12.1 Å². The van der Waals surface area contributed by atoms with Crippen LogP contribution in [-0.2, 0) is 4.79 Å². The quantitative estimate of drug-likeness (QED) is 0.603. The van der Waals surface area contributed by atoms with E-state index in [0.717, 1.165) is 22.6 Å². The maximum absolute atomic E-state index is 12.2. The van der Waals surface area contributed by atoms with Gasteiger partial charge in [0.05, 0.1) is 13.3 Å². The second-order valence-electron chi connectivity index (χ2n) is 6.45. The summed E-state index contributed by atoms with van der Waals surface area (Å²) >= 11 is 0. The Hall–Kier alpha value is -2.82. The Labute approximate surface area is 155 Å². The third-order valence-electron chi connectivity index (χ3n) is 4.03. The lowest BCUT2D eigenvalue weighted by Gasteiger charge is -2.16. The molecule has 0 aliphatic heterocycles. The topological polar surface area (TPSA) is 59.9 Å². The van der Waals surface area contributed by atoms with Gasteiger partial charge in [0, 0.05) is 0 Å². The van der Waals surface area contributed by atoms with Gasteiger partial charge in [-0.3, -0.25) is 4.79 Å². The molecule has 1 unspecified atom stereocenters. The molecule has 1 atom stereocenters. The molecule has 138 valence electrons. The molecule has 0 radical (unpaired) electrons. The number of ether oxygens (including phenoxy) is 2. The number of nitrogens with one attached hydrogen (secondary N) is 1. The Kier molecular flexibility index (Phi) is 6.78. The molecule has 26 heavy (non-hydrogen) atoms. The van der Waals surface area contributed by atoms with Crippen LogP contribution in [-0.4, -0.2) is 25.3 Å². The Bertz CT molecular complexity index is 785. The van der Waals surface area contributed by atoms with Crippen molar-refractivity contribution in [1.29, 1.82) is 0 Å². The van der Waals surface area contributed by atoms with E-state index in [0.29, 0.717) is 5.92 Å². The molecule has 0 heterocycles. The van der Waals surface area contributed by atoms with Gasteiger partial charge in [-0.05, 0) is 54.7 Å². The fourth-order valence-electron chi connectivity index (χ4n) is 2.33. The maximum Gasteiger partial charge on any atom is 0.280 e. The van der Waals surface area contributed by atoms with Crippen LogP contribution in [0.2, 0.25) is 0 Å². The molecule has 0 aliphatic rings. The second kappa shape index (κ2) is 9.04. The monoisotopic (exact) mass is 354 g/mol. The number of hydrogen-bond acceptors (Lipinski definition) is 4. The minimum absolute atomic E-state index is 0.307. The predicted molar refractivity (Wildman–Crippen MR) is 104 cm³/mol. The summed E-state index contributed by atoms with van der Waals surface area (Å²) in [4.78, 5) is 12.2. The van der Waals surface area contributed by atoms with Crippen molar-refractivity contribution < 1.29 is 14.3 Å². The summed E-state index contributed by atoms with van der Waals surface area (Å²) in [7, 11) is 1.60. The van der Waals surface area contributed by atoms with Crippen molar-refractivity contribution in [3.8, 4) is 11.5 Å². The molecular weight excluding hydrogens is 328 g/mol. The van der Waals surface area contributed by atoms with Gasteiger partial charge in [0.2, 0.25) is 0 Å². The van der Waals surface area contributed by atoms with Crippen molar-refractivity contribution in [2.45, 2.75) is 39.7 Å². The molecule has 1 amide bonds. The summed E-state index contributed by atoms with van der Waals surface area (Å²) in [5.74, 6) is 1.54. The molecular formula is C21H26N2O3. The lowest BCUT2D eigenvalue weighted by molar-refractivity contribution is -0.127. The third-order valence-corrected chi connectivity index (χ3v) is 4.03. The zero-order chi connectivity index (χ0) is 19.1.